The van der Waals surface area contributed by atoms with Crippen LogP contribution in [0, 0.1) is 0 Å². The zero-order chi connectivity index (χ0) is 18.4. The van der Waals surface area contributed by atoms with Gasteiger partial charge in [-0.2, -0.15) is 0 Å². The zero-order valence-electron chi connectivity index (χ0n) is 15.3. The summed E-state index contributed by atoms with van der Waals surface area (Å²) >= 11 is 0. The maximum atomic E-state index is 12.4. The molecule has 26 heavy (non-hydrogen) atoms. The molecule has 2 N–H and O–H groups in total. The van der Waals surface area contributed by atoms with Crippen LogP contribution in [-0.4, -0.2) is 42.4 Å². The summed E-state index contributed by atoms with van der Waals surface area (Å²) in [6, 6.07) is 14.1. The van der Waals surface area contributed by atoms with Crippen LogP contribution in [0.5, 0.6) is 0 Å². The summed E-state index contributed by atoms with van der Waals surface area (Å²) in [6.45, 7) is 4.81. The molecule has 0 aromatic heterocycles. The number of fused-ring (bicyclic) bond motifs is 1. The fraction of sp³-hybridized carbons (Fsp3) is 0.429. The Bertz CT molecular complexity index is 769. The predicted molar refractivity (Wildman–Crippen MR) is 104 cm³/mol. The first-order chi connectivity index (χ1) is 12.7. The van der Waals surface area contributed by atoms with Crippen LogP contribution >= 0.6 is 0 Å². The number of hydrogen-bond donors (Lipinski definition) is 2. The van der Waals surface area contributed by atoms with E-state index in [0.29, 0.717) is 19.6 Å². The van der Waals surface area contributed by atoms with Gasteiger partial charge in [0, 0.05) is 26.2 Å². The average molecular weight is 353 g/mol. The van der Waals surface area contributed by atoms with Crippen molar-refractivity contribution in [2.24, 2.45) is 0 Å². The second-order valence-corrected chi connectivity index (χ2v) is 6.82. The van der Waals surface area contributed by atoms with Gasteiger partial charge in [-0.25, -0.2) is 0 Å². The van der Waals surface area contributed by atoms with Gasteiger partial charge in [-0.3, -0.25) is 14.5 Å². The third kappa shape index (κ3) is 4.41. The molecule has 2 amide bonds. The van der Waals surface area contributed by atoms with Gasteiger partial charge >= 0.3 is 0 Å². The number of piperazine rings is 1. The summed E-state index contributed by atoms with van der Waals surface area (Å²) < 4.78 is 0. The lowest BCUT2D eigenvalue weighted by Gasteiger charge is -2.35. The molecule has 2 aromatic carbocycles. The molecule has 1 atom stereocenters. The molecular weight excluding hydrogens is 326 g/mol. The van der Waals surface area contributed by atoms with Crippen molar-refractivity contribution >= 4 is 22.6 Å². The first kappa shape index (κ1) is 18.4. The summed E-state index contributed by atoms with van der Waals surface area (Å²) in [4.78, 5) is 26.7. The van der Waals surface area contributed by atoms with Crippen LogP contribution < -0.4 is 10.6 Å². The van der Waals surface area contributed by atoms with Crippen LogP contribution in [0.2, 0.25) is 0 Å². The Labute approximate surface area is 154 Å². The van der Waals surface area contributed by atoms with Crippen molar-refractivity contribution in [3.63, 3.8) is 0 Å². The van der Waals surface area contributed by atoms with Gasteiger partial charge in [0.05, 0.1) is 12.5 Å². The monoisotopic (exact) mass is 353 g/mol. The van der Waals surface area contributed by atoms with Gasteiger partial charge in [-0.15, -0.1) is 0 Å². The molecule has 3 rings (SSSR count). The fourth-order valence-electron chi connectivity index (χ4n) is 3.47. The molecule has 1 aliphatic heterocycles. The van der Waals surface area contributed by atoms with Crippen molar-refractivity contribution in [2.75, 3.05) is 19.6 Å². The lowest BCUT2D eigenvalue weighted by Crippen LogP contribution is -2.56. The molecule has 5 nitrogen and oxygen atoms in total. The molecule has 5 heteroatoms. The van der Waals surface area contributed by atoms with Gasteiger partial charge < -0.3 is 10.6 Å². The molecule has 2 aromatic rings. The van der Waals surface area contributed by atoms with Gasteiger partial charge in [0.2, 0.25) is 11.8 Å². The van der Waals surface area contributed by atoms with E-state index in [0.717, 1.165) is 19.4 Å². The van der Waals surface area contributed by atoms with E-state index in [-0.39, 0.29) is 18.2 Å². The molecule has 0 bridgehead atoms. The van der Waals surface area contributed by atoms with E-state index in [9.17, 15) is 9.59 Å². The highest BCUT2D eigenvalue weighted by atomic mass is 16.2. The Kier molecular flexibility index (Phi) is 6.23. The normalized spacial score (nSPS) is 17.9. The number of carbonyl (C=O) groups excluding carboxylic acids is 2. The van der Waals surface area contributed by atoms with Crippen molar-refractivity contribution < 1.29 is 9.59 Å². The van der Waals surface area contributed by atoms with E-state index < -0.39 is 6.04 Å². The first-order valence-electron chi connectivity index (χ1n) is 9.44. The summed E-state index contributed by atoms with van der Waals surface area (Å²) in [5.74, 6) is -0.106. The van der Waals surface area contributed by atoms with Gasteiger partial charge in [0.15, 0.2) is 0 Å². The summed E-state index contributed by atoms with van der Waals surface area (Å²) in [5.41, 5.74) is 1.19. The Morgan fingerprint density at radius 2 is 2.04 bits per heavy atom. The van der Waals surface area contributed by atoms with E-state index in [1.807, 2.05) is 18.2 Å². The molecule has 0 saturated carbocycles. The maximum absolute atomic E-state index is 12.4. The van der Waals surface area contributed by atoms with Crippen molar-refractivity contribution in [1.82, 2.24) is 15.5 Å². The standard InChI is InChI=1S/C21H27N3O2/c1-2-3-11-22-20(25)14-19-21(26)23-12-13-24(19)15-17-9-6-8-16-7-4-5-10-18(16)17/h4-10,19H,2-3,11-15H2,1H3,(H,22,25)(H,23,26)/t19-/m1/s1. The van der Waals surface area contributed by atoms with E-state index in [1.54, 1.807) is 0 Å². The lowest BCUT2D eigenvalue weighted by atomic mass is 10.0. The van der Waals surface area contributed by atoms with Gasteiger partial charge in [0.25, 0.3) is 0 Å². The summed E-state index contributed by atoms with van der Waals surface area (Å²) in [6.07, 6.45) is 2.21. The number of hydrogen-bond acceptors (Lipinski definition) is 3. The molecule has 0 aliphatic carbocycles. The zero-order valence-corrected chi connectivity index (χ0v) is 15.3. The van der Waals surface area contributed by atoms with Crippen molar-refractivity contribution in [2.45, 2.75) is 38.8 Å². The highest BCUT2D eigenvalue weighted by Crippen LogP contribution is 2.22. The smallest absolute Gasteiger partial charge is 0.237 e. The third-order valence-corrected chi connectivity index (χ3v) is 4.93. The summed E-state index contributed by atoms with van der Waals surface area (Å²) in [7, 11) is 0. The lowest BCUT2D eigenvalue weighted by molar-refractivity contribution is -0.134. The molecule has 138 valence electrons. The van der Waals surface area contributed by atoms with Crippen LogP contribution in [-0.2, 0) is 16.1 Å². The van der Waals surface area contributed by atoms with E-state index in [4.69, 9.17) is 0 Å². The highest BCUT2D eigenvalue weighted by molar-refractivity contribution is 5.89. The van der Waals surface area contributed by atoms with E-state index in [2.05, 4.69) is 46.7 Å². The van der Waals surface area contributed by atoms with Gasteiger partial charge in [-0.05, 0) is 22.8 Å². The minimum absolute atomic E-state index is 0.0524. The maximum Gasteiger partial charge on any atom is 0.237 e. The number of amides is 2. The Hall–Kier alpha value is -2.40. The second-order valence-electron chi connectivity index (χ2n) is 6.82. The minimum Gasteiger partial charge on any atom is -0.356 e. The largest absolute Gasteiger partial charge is 0.356 e. The number of rotatable bonds is 7. The number of benzene rings is 2. The highest BCUT2D eigenvalue weighted by Gasteiger charge is 2.31. The van der Waals surface area contributed by atoms with E-state index >= 15 is 0 Å². The van der Waals surface area contributed by atoms with Crippen LogP contribution in [0.1, 0.15) is 31.7 Å². The van der Waals surface area contributed by atoms with Crippen LogP contribution in [0.4, 0.5) is 0 Å². The summed E-state index contributed by atoms with van der Waals surface area (Å²) in [5, 5.41) is 8.21. The molecule has 1 saturated heterocycles. The van der Waals surface area contributed by atoms with Crippen molar-refractivity contribution in [3.8, 4) is 0 Å². The van der Waals surface area contributed by atoms with Crippen molar-refractivity contribution in [3.05, 3.63) is 48.0 Å². The minimum atomic E-state index is -0.413. The molecule has 0 unspecified atom stereocenters. The Balaban J connectivity index is 1.73. The van der Waals surface area contributed by atoms with Gasteiger partial charge in [-0.1, -0.05) is 55.8 Å². The average Bonchev–Trinajstić information content (AvgIpc) is 2.65. The van der Waals surface area contributed by atoms with Gasteiger partial charge in [0.1, 0.15) is 0 Å². The Morgan fingerprint density at radius 1 is 1.23 bits per heavy atom. The Morgan fingerprint density at radius 3 is 2.88 bits per heavy atom. The van der Waals surface area contributed by atoms with Crippen molar-refractivity contribution in [1.29, 1.82) is 0 Å². The van der Waals surface area contributed by atoms with Crippen LogP contribution in [0.3, 0.4) is 0 Å². The predicted octanol–water partition coefficient (Wildman–Crippen LogP) is 2.45. The third-order valence-electron chi connectivity index (χ3n) is 4.93. The molecule has 1 heterocycles. The van der Waals surface area contributed by atoms with Crippen LogP contribution in [0.15, 0.2) is 42.5 Å². The molecule has 0 spiro atoms. The molecular formula is C21H27N3O2. The quantitative estimate of drug-likeness (QED) is 0.752. The SMILES string of the molecule is CCCCNC(=O)C[C@@H]1C(=O)NCCN1Cc1cccc2ccccc12. The number of carbonyl (C=O) groups is 2. The molecule has 1 aliphatic rings. The number of unbranched alkanes of at least 4 members (excludes halogenated alkanes) is 1. The van der Waals surface area contributed by atoms with Crippen LogP contribution in [0.25, 0.3) is 10.8 Å². The molecule has 0 radical (unpaired) electrons. The molecule has 1 fully saturated rings. The fourth-order valence-corrected chi connectivity index (χ4v) is 3.47. The number of nitrogens with one attached hydrogen (secondary N) is 2. The number of nitrogens with zero attached hydrogens (tertiary/aromatic N) is 1. The first-order valence-corrected chi connectivity index (χ1v) is 9.44. The topological polar surface area (TPSA) is 61.4 Å². The van der Waals surface area contributed by atoms with E-state index in [1.165, 1.54) is 16.3 Å². The second kappa shape index (κ2) is 8.81.